The van der Waals surface area contributed by atoms with Gasteiger partial charge >= 0.3 is 19.3 Å². The van der Waals surface area contributed by atoms with Crippen LogP contribution in [0.2, 0.25) is 0 Å². The second-order valence-corrected chi connectivity index (χ2v) is 4.92. The second kappa shape index (κ2) is 6.15. The van der Waals surface area contributed by atoms with E-state index < -0.39 is 37.9 Å². The van der Waals surface area contributed by atoms with E-state index in [2.05, 4.69) is 5.32 Å². The quantitative estimate of drug-likeness (QED) is 0.478. The van der Waals surface area contributed by atoms with Gasteiger partial charge in [-0.1, -0.05) is 12.1 Å². The number of benzene rings is 1. The van der Waals surface area contributed by atoms with Gasteiger partial charge in [0.1, 0.15) is 12.0 Å². The van der Waals surface area contributed by atoms with E-state index in [1.807, 2.05) is 0 Å². The van der Waals surface area contributed by atoms with Crippen LogP contribution in [0.25, 0.3) is 0 Å². The molecule has 120 valence electrons. The number of hydrogen-bond acceptors (Lipinski definition) is 5. The Morgan fingerprint density at radius 3 is 2.77 bits per heavy atom. The summed E-state index contributed by atoms with van der Waals surface area (Å²) in [6, 6.07) is 4.30. The fraction of sp³-hybridized carbons (Fsp3) is 0.417. The van der Waals surface area contributed by atoms with Crippen LogP contribution in [0, 0.1) is 0 Å². The van der Waals surface area contributed by atoms with Crippen molar-refractivity contribution in [1.29, 1.82) is 0 Å². The lowest BCUT2D eigenvalue weighted by atomic mass is 9.72. The molecule has 10 heteroatoms. The van der Waals surface area contributed by atoms with Crippen LogP contribution < -0.4 is 9.97 Å². The van der Waals surface area contributed by atoms with E-state index in [4.69, 9.17) is 9.76 Å². The zero-order chi connectivity index (χ0) is 16.5. The average Bonchev–Trinajstić information content (AvgIpc) is 2.36. The van der Waals surface area contributed by atoms with Crippen LogP contribution in [0.4, 0.5) is 13.2 Å². The molecule has 0 saturated heterocycles. The molecule has 0 radical (unpaired) electrons. The van der Waals surface area contributed by atoms with Gasteiger partial charge in [0.05, 0.1) is 17.9 Å². The molecule has 1 heterocycles. The minimum absolute atomic E-state index is 0.0204. The van der Waals surface area contributed by atoms with Crippen molar-refractivity contribution in [3.05, 3.63) is 29.3 Å². The molecular weight excluding hydrogens is 306 g/mol. The van der Waals surface area contributed by atoms with E-state index in [-0.39, 0.29) is 17.7 Å². The van der Waals surface area contributed by atoms with Gasteiger partial charge < -0.3 is 19.9 Å². The Hall–Kier alpha value is -1.78. The zero-order valence-electron chi connectivity index (χ0n) is 11.2. The molecule has 0 saturated carbocycles. The number of carboxylic acid groups (broad SMARTS) is 1. The molecule has 6 nitrogen and oxygen atoms in total. The number of aromatic carboxylic acids is 1. The van der Waals surface area contributed by atoms with Gasteiger partial charge in [-0.05, 0) is 18.1 Å². The highest BCUT2D eigenvalue weighted by atomic mass is 19.4. The number of alkyl halides is 3. The Labute approximate surface area is 123 Å². The molecule has 1 aromatic carbocycles. The first kappa shape index (κ1) is 16.6. The molecule has 4 N–H and O–H groups in total. The highest BCUT2D eigenvalue weighted by Crippen LogP contribution is 2.30. The Bertz CT molecular complexity index is 568. The maximum absolute atomic E-state index is 12.2. The Kier molecular flexibility index (Phi) is 4.64. The van der Waals surface area contributed by atoms with E-state index in [1.165, 1.54) is 12.1 Å². The van der Waals surface area contributed by atoms with Crippen molar-refractivity contribution in [2.45, 2.75) is 31.2 Å². The number of aliphatic hydroxyl groups excluding tert-OH is 1. The van der Waals surface area contributed by atoms with Gasteiger partial charge in [0.15, 0.2) is 0 Å². The number of carbonyl (C=O) groups is 1. The van der Waals surface area contributed by atoms with E-state index in [1.54, 1.807) is 6.07 Å². The van der Waals surface area contributed by atoms with Crippen LogP contribution in [0.5, 0.6) is 5.75 Å². The Morgan fingerprint density at radius 1 is 1.50 bits per heavy atom. The summed E-state index contributed by atoms with van der Waals surface area (Å²) in [5.41, 5.74) is 0.271. The van der Waals surface area contributed by atoms with Gasteiger partial charge in [-0.15, -0.1) is 0 Å². The van der Waals surface area contributed by atoms with Gasteiger partial charge in [-0.25, -0.2) is 4.79 Å². The first-order chi connectivity index (χ1) is 10.2. The highest BCUT2D eigenvalue weighted by molar-refractivity contribution is 6.46. The van der Waals surface area contributed by atoms with E-state index in [0.29, 0.717) is 5.56 Å². The third kappa shape index (κ3) is 3.90. The summed E-state index contributed by atoms with van der Waals surface area (Å²) in [6.45, 7) is 0. The van der Waals surface area contributed by atoms with Crippen LogP contribution in [-0.4, -0.2) is 46.7 Å². The molecule has 0 amide bonds. The molecule has 1 aromatic rings. The van der Waals surface area contributed by atoms with Gasteiger partial charge in [0, 0.05) is 0 Å². The Balaban J connectivity index is 2.12. The number of hydrogen-bond donors (Lipinski definition) is 4. The fourth-order valence-corrected chi connectivity index (χ4v) is 2.26. The fourth-order valence-electron chi connectivity index (χ4n) is 2.26. The van der Waals surface area contributed by atoms with Crippen molar-refractivity contribution in [2.75, 3.05) is 0 Å². The number of fused-ring (bicyclic) bond motifs is 1. The predicted molar refractivity (Wildman–Crippen MR) is 69.3 cm³/mol. The number of para-hydroxylation sites is 1. The number of halogens is 3. The number of rotatable bonds is 4. The van der Waals surface area contributed by atoms with Gasteiger partial charge in [0.25, 0.3) is 0 Å². The summed E-state index contributed by atoms with van der Waals surface area (Å²) in [4.78, 5) is 11.1. The first-order valence-corrected chi connectivity index (χ1v) is 6.38. The van der Waals surface area contributed by atoms with Gasteiger partial charge in [-0.2, -0.15) is 13.2 Å². The lowest BCUT2D eigenvalue weighted by Gasteiger charge is -2.30. The standard InChI is InChI=1S/C12H13BF3NO5/c14-12(15,16)5-9(18)17-8-4-6-2-1-3-7(11(19)20)10(6)22-13(8)21/h1-3,8-9,17-18,21H,4-5H2,(H,19,20)/t8-,9?/m0/s1. The predicted octanol–water partition coefficient (Wildman–Crippen LogP) is 0.568. The molecule has 2 rings (SSSR count). The zero-order valence-corrected chi connectivity index (χ0v) is 11.2. The number of aliphatic hydroxyl groups is 1. The highest BCUT2D eigenvalue weighted by Gasteiger charge is 2.39. The molecule has 2 atom stereocenters. The molecule has 0 aromatic heterocycles. The monoisotopic (exact) mass is 319 g/mol. The lowest BCUT2D eigenvalue weighted by molar-refractivity contribution is -0.157. The normalized spacial score (nSPS) is 19.3. The second-order valence-electron chi connectivity index (χ2n) is 4.92. The average molecular weight is 319 g/mol. The third-order valence-electron chi connectivity index (χ3n) is 3.18. The van der Waals surface area contributed by atoms with Crippen molar-refractivity contribution in [1.82, 2.24) is 5.32 Å². The molecule has 1 aliphatic rings. The van der Waals surface area contributed by atoms with Crippen LogP contribution in [0.1, 0.15) is 22.3 Å². The van der Waals surface area contributed by atoms with Gasteiger partial charge in [-0.3, -0.25) is 5.32 Å². The minimum Gasteiger partial charge on any atom is -0.534 e. The SMILES string of the molecule is O=C(O)c1cccc2c1OB(O)[C@@H](NC(O)CC(F)(F)F)C2. The van der Waals surface area contributed by atoms with Crippen molar-refractivity contribution in [2.24, 2.45) is 0 Å². The first-order valence-electron chi connectivity index (χ1n) is 6.38. The molecule has 0 bridgehead atoms. The van der Waals surface area contributed by atoms with Crippen LogP contribution in [0.15, 0.2) is 18.2 Å². The summed E-state index contributed by atoms with van der Waals surface area (Å²) in [5.74, 6) is -2.26. The largest absolute Gasteiger partial charge is 0.541 e. The van der Waals surface area contributed by atoms with E-state index >= 15 is 0 Å². The summed E-state index contributed by atoms with van der Waals surface area (Å²) >= 11 is 0. The van der Waals surface area contributed by atoms with Crippen molar-refractivity contribution < 1.29 is 37.9 Å². The number of nitrogens with one attached hydrogen (secondary N) is 1. The van der Waals surface area contributed by atoms with Crippen molar-refractivity contribution >= 4 is 13.1 Å². The summed E-state index contributed by atoms with van der Waals surface area (Å²) < 4.78 is 41.6. The van der Waals surface area contributed by atoms with Crippen LogP contribution in [-0.2, 0) is 6.42 Å². The summed E-state index contributed by atoms with van der Waals surface area (Å²) in [5, 5.41) is 30.4. The molecular formula is C12H13BF3NO5. The topological polar surface area (TPSA) is 99.0 Å². The van der Waals surface area contributed by atoms with Crippen LogP contribution in [0.3, 0.4) is 0 Å². The van der Waals surface area contributed by atoms with E-state index in [9.17, 15) is 28.1 Å². The van der Waals surface area contributed by atoms with Gasteiger partial charge in [0.2, 0.25) is 0 Å². The molecule has 0 spiro atoms. The Morgan fingerprint density at radius 2 is 2.18 bits per heavy atom. The maximum atomic E-state index is 12.2. The lowest BCUT2D eigenvalue weighted by Crippen LogP contribution is -2.55. The maximum Gasteiger partial charge on any atom is 0.541 e. The molecule has 22 heavy (non-hydrogen) atoms. The number of carboxylic acids is 1. The van der Waals surface area contributed by atoms with Crippen LogP contribution >= 0.6 is 0 Å². The molecule has 0 aliphatic carbocycles. The smallest absolute Gasteiger partial charge is 0.534 e. The molecule has 1 aliphatic heterocycles. The summed E-state index contributed by atoms with van der Waals surface area (Å²) in [6.07, 6.45) is -7.90. The molecule has 0 fully saturated rings. The van der Waals surface area contributed by atoms with Crippen molar-refractivity contribution in [3.63, 3.8) is 0 Å². The minimum atomic E-state index is -4.55. The molecule has 1 unspecified atom stereocenters. The van der Waals surface area contributed by atoms with Crippen molar-refractivity contribution in [3.8, 4) is 5.75 Å². The third-order valence-corrected chi connectivity index (χ3v) is 3.18. The summed E-state index contributed by atoms with van der Waals surface area (Å²) in [7, 11) is -1.57. The van der Waals surface area contributed by atoms with E-state index in [0.717, 1.165) is 0 Å².